The van der Waals surface area contributed by atoms with Crippen molar-refractivity contribution < 1.29 is 4.39 Å². The molecule has 5 nitrogen and oxygen atoms in total. The van der Waals surface area contributed by atoms with Gasteiger partial charge >= 0.3 is 0 Å². The van der Waals surface area contributed by atoms with Gasteiger partial charge in [-0.05, 0) is 29.2 Å². The summed E-state index contributed by atoms with van der Waals surface area (Å²) in [7, 11) is 0. The average molecular weight is 406 g/mol. The maximum Gasteiger partial charge on any atom is 0.139 e. The Hall–Kier alpha value is -2.83. The lowest BCUT2D eigenvalue weighted by molar-refractivity contribution is 0.169. The van der Waals surface area contributed by atoms with Gasteiger partial charge < -0.3 is 10.6 Å². The highest BCUT2D eigenvalue weighted by Gasteiger charge is 2.28. The first-order valence-corrected chi connectivity index (χ1v) is 10.5. The van der Waals surface area contributed by atoms with Crippen LogP contribution in [0.25, 0.3) is 11.1 Å². The molecule has 2 aromatic carbocycles. The topological polar surface area (TPSA) is 58.3 Å². The zero-order valence-electron chi connectivity index (χ0n) is 17.3. The Labute approximate surface area is 177 Å². The number of benzene rings is 2. The summed E-state index contributed by atoms with van der Waals surface area (Å²) in [6, 6.07) is 17.4. The van der Waals surface area contributed by atoms with Crippen LogP contribution in [0.15, 0.2) is 67.1 Å². The van der Waals surface area contributed by atoms with Crippen LogP contribution in [-0.2, 0) is 0 Å². The monoisotopic (exact) mass is 405 g/mol. The predicted molar refractivity (Wildman–Crippen MR) is 119 cm³/mol. The molecule has 1 aromatic heterocycles. The van der Waals surface area contributed by atoms with Crippen LogP contribution < -0.4 is 10.6 Å². The second kappa shape index (κ2) is 9.32. The van der Waals surface area contributed by atoms with Gasteiger partial charge in [-0.15, -0.1) is 0 Å². The van der Waals surface area contributed by atoms with E-state index >= 15 is 0 Å². The van der Waals surface area contributed by atoms with E-state index in [1.54, 1.807) is 18.5 Å². The van der Waals surface area contributed by atoms with Gasteiger partial charge in [-0.25, -0.2) is 14.4 Å². The molecule has 0 bridgehead atoms. The molecule has 1 fully saturated rings. The van der Waals surface area contributed by atoms with Crippen molar-refractivity contribution in [1.29, 1.82) is 0 Å². The van der Waals surface area contributed by atoms with Crippen molar-refractivity contribution in [1.82, 2.24) is 14.9 Å². The number of halogens is 1. The molecule has 3 aromatic rings. The van der Waals surface area contributed by atoms with E-state index in [1.165, 1.54) is 17.7 Å². The van der Waals surface area contributed by atoms with E-state index in [2.05, 4.69) is 51.0 Å². The minimum Gasteiger partial charge on any atom is -0.353 e. The maximum atomic E-state index is 13.3. The van der Waals surface area contributed by atoms with E-state index in [-0.39, 0.29) is 5.82 Å². The fraction of sp³-hybridized carbons (Fsp3) is 0.333. The van der Waals surface area contributed by atoms with Crippen molar-refractivity contribution in [2.75, 3.05) is 37.6 Å². The van der Waals surface area contributed by atoms with Gasteiger partial charge in [0.05, 0.1) is 0 Å². The van der Waals surface area contributed by atoms with E-state index in [4.69, 9.17) is 5.73 Å². The summed E-state index contributed by atoms with van der Waals surface area (Å²) < 4.78 is 13.3. The highest BCUT2D eigenvalue weighted by Crippen LogP contribution is 2.30. The molecular weight excluding hydrogens is 377 g/mol. The summed E-state index contributed by atoms with van der Waals surface area (Å²) in [5, 5.41) is 0. The van der Waals surface area contributed by atoms with Crippen LogP contribution in [0.5, 0.6) is 0 Å². The second-order valence-corrected chi connectivity index (χ2v) is 7.79. The van der Waals surface area contributed by atoms with Crippen LogP contribution in [0.1, 0.15) is 18.4 Å². The van der Waals surface area contributed by atoms with Crippen molar-refractivity contribution in [2.45, 2.75) is 18.9 Å². The highest BCUT2D eigenvalue weighted by atomic mass is 19.1. The molecule has 30 heavy (non-hydrogen) atoms. The first-order valence-electron chi connectivity index (χ1n) is 10.5. The Balaban J connectivity index is 1.48. The van der Waals surface area contributed by atoms with Gasteiger partial charge in [0.1, 0.15) is 18.0 Å². The number of nitrogens with zero attached hydrogens (tertiary/aromatic N) is 4. The number of rotatable bonds is 6. The number of hydrogen-bond acceptors (Lipinski definition) is 5. The van der Waals surface area contributed by atoms with Crippen LogP contribution in [0, 0.1) is 5.82 Å². The molecule has 0 aliphatic carbocycles. The minimum absolute atomic E-state index is 0.244. The van der Waals surface area contributed by atoms with Gasteiger partial charge in [0, 0.05) is 50.5 Å². The predicted octanol–water partition coefficient (Wildman–Crippen LogP) is 3.54. The molecule has 0 radical (unpaired) electrons. The second-order valence-electron chi connectivity index (χ2n) is 7.79. The van der Waals surface area contributed by atoms with E-state index in [0.717, 1.165) is 43.1 Å². The van der Waals surface area contributed by atoms with E-state index < -0.39 is 0 Å². The summed E-state index contributed by atoms with van der Waals surface area (Å²) in [6.45, 7) is 6.46. The summed E-state index contributed by atoms with van der Waals surface area (Å²) >= 11 is 0. The maximum absolute atomic E-state index is 13.3. The van der Waals surface area contributed by atoms with E-state index in [0.29, 0.717) is 18.5 Å². The van der Waals surface area contributed by atoms with Gasteiger partial charge in [0.25, 0.3) is 0 Å². The quantitative estimate of drug-likeness (QED) is 0.680. The van der Waals surface area contributed by atoms with Gasteiger partial charge in [0.15, 0.2) is 0 Å². The molecule has 1 aliphatic rings. The molecule has 0 unspecified atom stereocenters. The Morgan fingerprint density at radius 2 is 1.70 bits per heavy atom. The van der Waals surface area contributed by atoms with Gasteiger partial charge in [-0.1, -0.05) is 49.4 Å². The molecule has 156 valence electrons. The molecule has 0 amide bonds. The normalized spacial score (nSPS) is 17.0. The zero-order valence-corrected chi connectivity index (χ0v) is 17.3. The Morgan fingerprint density at radius 3 is 2.37 bits per heavy atom. The van der Waals surface area contributed by atoms with E-state index in [9.17, 15) is 4.39 Å². The van der Waals surface area contributed by atoms with Gasteiger partial charge in [-0.3, -0.25) is 4.90 Å². The van der Waals surface area contributed by atoms with Crippen molar-refractivity contribution in [3.8, 4) is 11.1 Å². The SMILES string of the molecule is C[C@H](c1ccccc1)[C@H](CN)N1CCN(c2ncncc2-c2ccc(F)cc2)CC1. The molecule has 0 spiro atoms. The lowest BCUT2D eigenvalue weighted by Gasteiger charge is -2.42. The van der Waals surface area contributed by atoms with Crippen molar-refractivity contribution in [3.05, 3.63) is 78.5 Å². The third-order valence-corrected chi connectivity index (χ3v) is 6.07. The number of hydrogen-bond donors (Lipinski definition) is 1. The van der Waals surface area contributed by atoms with E-state index in [1.807, 2.05) is 12.3 Å². The van der Waals surface area contributed by atoms with Crippen molar-refractivity contribution in [3.63, 3.8) is 0 Å². The van der Waals surface area contributed by atoms with Gasteiger partial charge in [0.2, 0.25) is 0 Å². The number of anilines is 1. The lowest BCUT2D eigenvalue weighted by atomic mass is 9.91. The molecule has 1 saturated heterocycles. The first kappa shape index (κ1) is 20.4. The fourth-order valence-corrected chi connectivity index (χ4v) is 4.32. The smallest absolute Gasteiger partial charge is 0.139 e. The van der Waals surface area contributed by atoms with Crippen LogP contribution in [-0.4, -0.2) is 53.6 Å². The summed E-state index contributed by atoms with van der Waals surface area (Å²) in [4.78, 5) is 13.5. The number of nitrogens with two attached hydrogens (primary N) is 1. The van der Waals surface area contributed by atoms with Gasteiger partial charge in [-0.2, -0.15) is 0 Å². The van der Waals surface area contributed by atoms with Crippen LogP contribution in [0.3, 0.4) is 0 Å². The Kier molecular flexibility index (Phi) is 6.35. The molecule has 2 N–H and O–H groups in total. The standard InChI is InChI=1S/C24H28FN5/c1-18(19-5-3-2-4-6-19)23(15-26)29-11-13-30(14-12-29)24-22(16-27-17-28-24)20-7-9-21(25)10-8-20/h2-10,16-18,23H,11-15,26H2,1H3/t18-,23+/m1/s1. The Morgan fingerprint density at radius 1 is 1.00 bits per heavy atom. The van der Waals surface area contributed by atoms with Crippen LogP contribution >= 0.6 is 0 Å². The molecule has 2 heterocycles. The molecular formula is C24H28FN5. The molecule has 1 aliphatic heterocycles. The summed E-state index contributed by atoms with van der Waals surface area (Å²) in [6.07, 6.45) is 3.39. The average Bonchev–Trinajstić information content (AvgIpc) is 2.81. The Bertz CT molecular complexity index is 939. The molecule has 6 heteroatoms. The zero-order chi connectivity index (χ0) is 20.9. The third kappa shape index (κ3) is 4.35. The first-order chi connectivity index (χ1) is 14.7. The van der Waals surface area contributed by atoms with Crippen LogP contribution in [0.2, 0.25) is 0 Å². The highest BCUT2D eigenvalue weighted by molar-refractivity contribution is 5.75. The van der Waals surface area contributed by atoms with Crippen LogP contribution in [0.4, 0.5) is 10.2 Å². The fourth-order valence-electron chi connectivity index (χ4n) is 4.32. The number of aromatic nitrogens is 2. The third-order valence-electron chi connectivity index (χ3n) is 6.07. The molecule has 4 rings (SSSR count). The number of piperazine rings is 1. The summed E-state index contributed by atoms with van der Waals surface area (Å²) in [5.74, 6) is 1.03. The molecule has 0 saturated carbocycles. The lowest BCUT2D eigenvalue weighted by Crippen LogP contribution is -2.54. The van der Waals surface area contributed by atoms with Crippen molar-refractivity contribution in [2.24, 2.45) is 5.73 Å². The van der Waals surface area contributed by atoms with Crippen molar-refractivity contribution >= 4 is 5.82 Å². The largest absolute Gasteiger partial charge is 0.353 e. The molecule has 2 atom stereocenters. The minimum atomic E-state index is -0.244. The summed E-state index contributed by atoms with van der Waals surface area (Å²) in [5.41, 5.74) is 9.37.